The number of nitrogens with zero attached hydrogens (tertiary/aromatic N) is 1. The van der Waals surface area contributed by atoms with Crippen molar-refractivity contribution in [2.75, 3.05) is 11.1 Å². The minimum atomic E-state index is -0.0159. The van der Waals surface area contributed by atoms with Gasteiger partial charge in [-0.1, -0.05) is 39.4 Å². The lowest BCUT2D eigenvalue weighted by molar-refractivity contribution is -0.116. The maximum atomic E-state index is 11.7. The predicted octanol–water partition coefficient (Wildman–Crippen LogP) is 2.96. The van der Waals surface area contributed by atoms with E-state index in [1.165, 1.54) is 11.3 Å². The van der Waals surface area contributed by atoms with Crippen LogP contribution in [-0.4, -0.2) is 10.9 Å². The zero-order valence-electron chi connectivity index (χ0n) is 9.31. The summed E-state index contributed by atoms with van der Waals surface area (Å²) in [6.45, 7) is 0. The Labute approximate surface area is 116 Å². The van der Waals surface area contributed by atoms with E-state index in [-0.39, 0.29) is 11.8 Å². The number of aromatic nitrogens is 1. The van der Waals surface area contributed by atoms with Gasteiger partial charge < -0.3 is 11.1 Å². The van der Waals surface area contributed by atoms with Crippen molar-refractivity contribution >= 4 is 44.1 Å². The maximum Gasteiger partial charge on any atom is 0.226 e. The summed E-state index contributed by atoms with van der Waals surface area (Å²) in [5, 5.41) is 3.25. The number of nitrogens with one attached hydrogen (secondary N) is 1. The quantitative estimate of drug-likeness (QED) is 0.847. The number of nitrogens with two attached hydrogens (primary N) is 1. The van der Waals surface area contributed by atoms with Gasteiger partial charge in [0.15, 0.2) is 5.13 Å². The number of rotatable bonds is 1. The molecule has 0 fully saturated rings. The highest BCUT2D eigenvalue weighted by Crippen LogP contribution is 2.41. The third-order valence-corrected chi connectivity index (χ3v) is 4.38. The molecule has 18 heavy (non-hydrogen) atoms. The smallest absolute Gasteiger partial charge is 0.226 e. The Morgan fingerprint density at radius 3 is 3.11 bits per heavy atom. The number of hydrogen-bond donors (Lipinski definition) is 2. The van der Waals surface area contributed by atoms with Crippen molar-refractivity contribution in [1.29, 1.82) is 0 Å². The normalized spacial score (nSPS) is 18.3. The van der Waals surface area contributed by atoms with Crippen LogP contribution in [-0.2, 0) is 4.79 Å². The summed E-state index contributed by atoms with van der Waals surface area (Å²) in [6, 6.07) is 7.99. The van der Waals surface area contributed by atoms with Gasteiger partial charge in [0.25, 0.3) is 0 Å². The number of benzene rings is 1. The van der Waals surface area contributed by atoms with Crippen LogP contribution in [0.1, 0.15) is 22.8 Å². The third-order valence-electron chi connectivity index (χ3n) is 2.88. The van der Waals surface area contributed by atoms with Gasteiger partial charge in [0.05, 0.1) is 4.88 Å². The molecule has 3 N–H and O–H groups in total. The van der Waals surface area contributed by atoms with Gasteiger partial charge in [0, 0.05) is 16.8 Å². The van der Waals surface area contributed by atoms with Gasteiger partial charge in [-0.15, -0.1) is 0 Å². The average molecular weight is 324 g/mol. The Morgan fingerprint density at radius 2 is 2.33 bits per heavy atom. The summed E-state index contributed by atoms with van der Waals surface area (Å²) in [5.74, 6) is 0.637. The van der Waals surface area contributed by atoms with Crippen molar-refractivity contribution in [3.8, 4) is 0 Å². The van der Waals surface area contributed by atoms with Crippen LogP contribution >= 0.6 is 27.3 Å². The summed E-state index contributed by atoms with van der Waals surface area (Å²) < 4.78 is 1.00. The number of halogens is 1. The van der Waals surface area contributed by atoms with E-state index in [9.17, 15) is 4.79 Å². The van der Waals surface area contributed by atoms with Gasteiger partial charge in [-0.2, -0.15) is 0 Å². The number of nitrogen functional groups attached to an aromatic ring is 1. The van der Waals surface area contributed by atoms with Crippen molar-refractivity contribution in [2.45, 2.75) is 12.3 Å². The molecule has 6 heteroatoms. The van der Waals surface area contributed by atoms with Gasteiger partial charge in [-0.05, 0) is 17.7 Å². The first-order valence-corrected chi connectivity index (χ1v) is 7.06. The van der Waals surface area contributed by atoms with Crippen LogP contribution in [0.25, 0.3) is 0 Å². The number of amides is 1. The molecule has 0 unspecified atom stereocenters. The minimum absolute atomic E-state index is 0.0159. The Hall–Kier alpha value is -1.40. The highest BCUT2D eigenvalue weighted by molar-refractivity contribution is 9.10. The topological polar surface area (TPSA) is 68.0 Å². The van der Waals surface area contributed by atoms with Gasteiger partial charge in [-0.3, -0.25) is 4.79 Å². The number of fused-ring (bicyclic) bond motifs is 1. The van der Waals surface area contributed by atoms with E-state index < -0.39 is 0 Å². The number of carbonyl (C=O) groups is 1. The molecule has 1 amide bonds. The van der Waals surface area contributed by atoms with E-state index >= 15 is 0 Å². The van der Waals surface area contributed by atoms with Crippen LogP contribution in [0.2, 0.25) is 0 Å². The Kier molecular flexibility index (Phi) is 2.83. The van der Waals surface area contributed by atoms with Crippen molar-refractivity contribution < 1.29 is 4.79 Å². The number of thiazole rings is 1. The third kappa shape index (κ3) is 2.02. The Balaban J connectivity index is 2.09. The van der Waals surface area contributed by atoms with Gasteiger partial charge in [0.2, 0.25) is 5.91 Å². The highest BCUT2D eigenvalue weighted by Gasteiger charge is 2.29. The molecule has 1 aliphatic rings. The van der Waals surface area contributed by atoms with E-state index in [1.54, 1.807) is 0 Å². The lowest BCUT2D eigenvalue weighted by Crippen LogP contribution is -2.22. The molecule has 2 heterocycles. The first kappa shape index (κ1) is 11.7. The number of carbonyl (C=O) groups excluding carboxylic acids is 1. The summed E-state index contributed by atoms with van der Waals surface area (Å²) >= 11 is 4.89. The molecule has 1 aromatic carbocycles. The molecule has 3 rings (SSSR count). The molecule has 0 saturated heterocycles. The van der Waals surface area contributed by atoms with Crippen molar-refractivity contribution in [3.63, 3.8) is 0 Å². The molecular formula is C12H10BrN3OS. The Bertz CT molecular complexity index is 626. The van der Waals surface area contributed by atoms with Crippen LogP contribution in [0.3, 0.4) is 0 Å². The van der Waals surface area contributed by atoms with Crippen molar-refractivity contribution in [1.82, 2.24) is 4.98 Å². The van der Waals surface area contributed by atoms with Crippen LogP contribution in [0.15, 0.2) is 28.7 Å². The molecule has 0 aliphatic carbocycles. The number of anilines is 2. The second kappa shape index (κ2) is 4.37. The van der Waals surface area contributed by atoms with E-state index in [1.807, 2.05) is 24.3 Å². The first-order valence-electron chi connectivity index (χ1n) is 5.45. The van der Waals surface area contributed by atoms with Crippen LogP contribution in [0.4, 0.5) is 10.9 Å². The van der Waals surface area contributed by atoms with E-state index in [2.05, 4.69) is 26.2 Å². The fourth-order valence-corrected chi connectivity index (χ4v) is 3.46. The molecule has 92 valence electrons. The molecule has 0 radical (unpaired) electrons. The molecule has 2 aromatic rings. The van der Waals surface area contributed by atoms with Gasteiger partial charge in [0.1, 0.15) is 5.82 Å². The molecule has 1 aromatic heterocycles. The fourth-order valence-electron chi connectivity index (χ4n) is 2.13. The molecule has 0 spiro atoms. The standard InChI is InChI=1S/C12H10BrN3OS/c13-7-3-1-2-6(4-7)8-5-9(17)15-11-10(8)18-12(14)16-11/h1-4,8H,5H2,(H2,14,16)(H,15,17)/t8-/m0/s1. The summed E-state index contributed by atoms with van der Waals surface area (Å²) in [5.41, 5.74) is 6.82. The molecule has 1 atom stereocenters. The van der Waals surface area contributed by atoms with Crippen molar-refractivity contribution in [2.24, 2.45) is 0 Å². The molecule has 0 saturated carbocycles. The van der Waals surface area contributed by atoms with E-state index in [0.29, 0.717) is 17.4 Å². The zero-order chi connectivity index (χ0) is 12.7. The van der Waals surface area contributed by atoms with Crippen LogP contribution < -0.4 is 11.1 Å². The van der Waals surface area contributed by atoms with Crippen molar-refractivity contribution in [3.05, 3.63) is 39.2 Å². The predicted molar refractivity (Wildman–Crippen MR) is 75.8 cm³/mol. The monoisotopic (exact) mass is 323 g/mol. The second-order valence-corrected chi connectivity index (χ2v) is 6.10. The SMILES string of the molecule is Nc1nc2c(s1)[C@H](c1cccc(Br)c1)CC(=O)N2. The largest absolute Gasteiger partial charge is 0.375 e. The van der Waals surface area contributed by atoms with Crippen LogP contribution in [0, 0.1) is 0 Å². The summed E-state index contributed by atoms with van der Waals surface area (Å²) in [4.78, 5) is 16.9. The van der Waals surface area contributed by atoms with E-state index in [4.69, 9.17) is 5.73 Å². The summed E-state index contributed by atoms with van der Waals surface area (Å²) in [7, 11) is 0. The molecular weight excluding hydrogens is 314 g/mol. The molecule has 1 aliphatic heterocycles. The Morgan fingerprint density at radius 1 is 1.50 bits per heavy atom. The minimum Gasteiger partial charge on any atom is -0.375 e. The molecule has 4 nitrogen and oxygen atoms in total. The zero-order valence-corrected chi connectivity index (χ0v) is 11.7. The number of hydrogen-bond acceptors (Lipinski definition) is 4. The van der Waals surface area contributed by atoms with Gasteiger partial charge >= 0.3 is 0 Å². The van der Waals surface area contributed by atoms with Crippen LogP contribution in [0.5, 0.6) is 0 Å². The lowest BCUT2D eigenvalue weighted by Gasteiger charge is -2.21. The first-order chi connectivity index (χ1) is 8.63. The maximum absolute atomic E-state index is 11.7. The van der Waals surface area contributed by atoms with Gasteiger partial charge in [-0.25, -0.2) is 4.98 Å². The highest BCUT2D eigenvalue weighted by atomic mass is 79.9. The van der Waals surface area contributed by atoms with E-state index in [0.717, 1.165) is 14.9 Å². The second-order valence-electron chi connectivity index (χ2n) is 4.12. The molecule has 0 bridgehead atoms. The fraction of sp³-hybridized carbons (Fsp3) is 0.167. The lowest BCUT2D eigenvalue weighted by atomic mass is 9.92. The average Bonchev–Trinajstić information content (AvgIpc) is 2.68. The summed E-state index contributed by atoms with van der Waals surface area (Å²) in [6.07, 6.45) is 0.436.